The monoisotopic (exact) mass is 518 g/mol. The summed E-state index contributed by atoms with van der Waals surface area (Å²) in [6.45, 7) is 3.19. The number of hydrazine groups is 1. The number of thiophene rings is 1. The van der Waals surface area contributed by atoms with Crippen LogP contribution in [-0.2, 0) is 4.79 Å². The van der Waals surface area contributed by atoms with Crippen molar-refractivity contribution in [2.75, 3.05) is 0 Å². The number of urea groups is 1. The Bertz CT molecular complexity index is 1250. The molecule has 0 saturated carbocycles. The highest BCUT2D eigenvalue weighted by Crippen LogP contribution is 2.40. The number of nitrogens with zero attached hydrogens (tertiary/aromatic N) is 1. The first-order chi connectivity index (χ1) is 15.9. The van der Waals surface area contributed by atoms with Crippen molar-refractivity contribution in [3.63, 3.8) is 0 Å². The Kier molecular flexibility index (Phi) is 7.41. The number of aromatic nitrogens is 1. The van der Waals surface area contributed by atoms with E-state index in [1.54, 1.807) is 6.07 Å². The number of hydrogen-bond donors (Lipinski definition) is 3. The molecule has 1 atom stereocenters. The second-order valence-electron chi connectivity index (χ2n) is 7.08. The van der Waals surface area contributed by atoms with Crippen molar-refractivity contribution in [2.24, 2.45) is 0 Å². The quantitative estimate of drug-likeness (QED) is 0.307. The van der Waals surface area contributed by atoms with Crippen LogP contribution in [-0.4, -0.2) is 23.1 Å². The summed E-state index contributed by atoms with van der Waals surface area (Å²) < 4.78 is 66.2. The zero-order chi connectivity index (χ0) is 25.2. The van der Waals surface area contributed by atoms with Gasteiger partial charge < -0.3 is 5.32 Å². The van der Waals surface area contributed by atoms with Crippen molar-refractivity contribution < 1.29 is 31.5 Å². The van der Waals surface area contributed by atoms with Gasteiger partial charge in [0.1, 0.15) is 11.6 Å². The summed E-state index contributed by atoms with van der Waals surface area (Å²) in [5.74, 6) is -3.84. The van der Waals surface area contributed by atoms with E-state index in [-0.39, 0.29) is 21.8 Å². The predicted molar refractivity (Wildman–Crippen MR) is 117 cm³/mol. The van der Waals surface area contributed by atoms with Gasteiger partial charge in [0.25, 0.3) is 0 Å². The number of amides is 3. The molecule has 0 spiro atoms. The zero-order valence-electron chi connectivity index (χ0n) is 17.5. The Labute approximate surface area is 199 Å². The fourth-order valence-corrected chi connectivity index (χ4v) is 4.15. The summed E-state index contributed by atoms with van der Waals surface area (Å²) in [5, 5.41) is 2.25. The molecule has 0 radical (unpaired) electrons. The summed E-state index contributed by atoms with van der Waals surface area (Å²) in [6, 6.07) is 4.94. The average Bonchev–Trinajstić information content (AvgIpc) is 3.16. The Morgan fingerprint density at radius 1 is 1.09 bits per heavy atom. The molecular weight excluding hydrogens is 503 g/mol. The average molecular weight is 519 g/mol. The third kappa shape index (κ3) is 5.81. The van der Waals surface area contributed by atoms with Crippen LogP contribution in [0.1, 0.15) is 23.5 Å². The van der Waals surface area contributed by atoms with Gasteiger partial charge in [-0.2, -0.15) is 13.2 Å². The van der Waals surface area contributed by atoms with Gasteiger partial charge in [0.05, 0.1) is 11.7 Å². The van der Waals surface area contributed by atoms with Crippen LogP contribution < -0.4 is 16.2 Å². The minimum atomic E-state index is -5.19. The molecule has 2 aromatic heterocycles. The van der Waals surface area contributed by atoms with E-state index in [9.17, 15) is 31.5 Å². The summed E-state index contributed by atoms with van der Waals surface area (Å²) in [7, 11) is 0. The number of alkyl halides is 3. The first kappa shape index (κ1) is 25.4. The highest BCUT2D eigenvalue weighted by atomic mass is 35.5. The topological polar surface area (TPSA) is 83.1 Å². The Hall–Kier alpha value is -3.25. The minimum absolute atomic E-state index is 0.0987. The van der Waals surface area contributed by atoms with E-state index < -0.39 is 35.8 Å². The SMILES string of the molecule is Cc1ccc(-c2c(F)cc(Cl)cc2-c2cnc(C(C)NC(=O)NNC(=O)C(F)(F)F)c(F)c2)s1. The fourth-order valence-electron chi connectivity index (χ4n) is 3.02. The fraction of sp³-hybridized carbons (Fsp3) is 0.190. The van der Waals surface area contributed by atoms with Gasteiger partial charge in [0, 0.05) is 32.1 Å². The molecule has 0 fully saturated rings. The number of carbonyl (C=O) groups is 2. The van der Waals surface area contributed by atoms with Crippen LogP contribution in [0, 0.1) is 18.6 Å². The molecule has 180 valence electrons. The maximum Gasteiger partial charge on any atom is 0.472 e. The zero-order valence-corrected chi connectivity index (χ0v) is 19.1. The van der Waals surface area contributed by atoms with Crippen molar-refractivity contribution in [3.8, 4) is 21.6 Å². The molecule has 3 N–H and O–H groups in total. The second-order valence-corrected chi connectivity index (χ2v) is 8.81. The van der Waals surface area contributed by atoms with Crippen molar-refractivity contribution in [3.05, 3.63) is 63.8 Å². The lowest BCUT2D eigenvalue weighted by molar-refractivity contribution is -0.174. The van der Waals surface area contributed by atoms with E-state index in [1.165, 1.54) is 41.4 Å². The van der Waals surface area contributed by atoms with Crippen molar-refractivity contribution >= 4 is 34.9 Å². The first-order valence-corrected chi connectivity index (χ1v) is 10.7. The number of nitrogens with one attached hydrogen (secondary N) is 3. The van der Waals surface area contributed by atoms with Gasteiger partial charge in [-0.1, -0.05) is 11.6 Å². The van der Waals surface area contributed by atoms with E-state index in [4.69, 9.17) is 11.6 Å². The Morgan fingerprint density at radius 3 is 2.38 bits per heavy atom. The summed E-state index contributed by atoms with van der Waals surface area (Å²) in [4.78, 5) is 28.0. The number of benzene rings is 1. The van der Waals surface area contributed by atoms with E-state index in [0.717, 1.165) is 17.0 Å². The predicted octanol–water partition coefficient (Wildman–Crippen LogP) is 5.67. The Morgan fingerprint density at radius 2 is 1.79 bits per heavy atom. The van der Waals surface area contributed by atoms with Gasteiger partial charge in [-0.05, 0) is 49.7 Å². The number of rotatable bonds is 4. The lowest BCUT2D eigenvalue weighted by Crippen LogP contribution is -2.51. The van der Waals surface area contributed by atoms with E-state index in [2.05, 4.69) is 10.3 Å². The molecule has 6 nitrogen and oxygen atoms in total. The summed E-state index contributed by atoms with van der Waals surface area (Å²) >= 11 is 7.36. The third-order valence-electron chi connectivity index (χ3n) is 4.53. The lowest BCUT2D eigenvalue weighted by atomic mass is 9.98. The molecule has 0 bridgehead atoms. The molecular formula is C21H16ClF5N4O2S. The highest BCUT2D eigenvalue weighted by molar-refractivity contribution is 7.15. The van der Waals surface area contributed by atoms with E-state index >= 15 is 0 Å². The maximum absolute atomic E-state index is 14.9. The van der Waals surface area contributed by atoms with Gasteiger partial charge in [0.2, 0.25) is 0 Å². The molecule has 3 rings (SSSR count). The molecule has 0 aliphatic carbocycles. The van der Waals surface area contributed by atoms with Crippen LogP contribution in [0.25, 0.3) is 21.6 Å². The first-order valence-electron chi connectivity index (χ1n) is 9.52. The number of hydrogen-bond acceptors (Lipinski definition) is 4. The van der Waals surface area contributed by atoms with Crippen molar-refractivity contribution in [1.82, 2.24) is 21.2 Å². The van der Waals surface area contributed by atoms with Crippen LogP contribution >= 0.6 is 22.9 Å². The van der Waals surface area contributed by atoms with Gasteiger partial charge in [-0.25, -0.2) is 19.0 Å². The smallest absolute Gasteiger partial charge is 0.329 e. The standard InChI is InChI=1S/C21H16ClF5N4O2S/c1-9-3-4-16(34-9)17-13(6-12(22)7-14(17)23)11-5-15(24)18(28-8-11)10(2)29-20(33)31-30-19(32)21(25,26)27/h3-8,10H,1-2H3,(H,30,32)(H2,29,31,33). The summed E-state index contributed by atoms with van der Waals surface area (Å²) in [6.07, 6.45) is -3.93. The summed E-state index contributed by atoms with van der Waals surface area (Å²) in [5.41, 5.74) is 3.19. The normalized spacial score (nSPS) is 12.2. The van der Waals surface area contributed by atoms with Crippen LogP contribution in [0.4, 0.5) is 26.7 Å². The number of pyridine rings is 1. The van der Waals surface area contributed by atoms with Gasteiger partial charge >= 0.3 is 18.1 Å². The molecule has 3 amide bonds. The van der Waals surface area contributed by atoms with Crippen LogP contribution in [0.3, 0.4) is 0 Å². The molecule has 13 heteroatoms. The molecule has 34 heavy (non-hydrogen) atoms. The van der Waals surface area contributed by atoms with Crippen molar-refractivity contribution in [1.29, 1.82) is 0 Å². The van der Waals surface area contributed by atoms with Gasteiger partial charge in [-0.3, -0.25) is 15.2 Å². The number of carbonyl (C=O) groups excluding carboxylic acids is 2. The van der Waals surface area contributed by atoms with Crippen LogP contribution in [0.5, 0.6) is 0 Å². The third-order valence-corrected chi connectivity index (χ3v) is 5.76. The Balaban J connectivity index is 1.83. The number of aryl methyl sites for hydroxylation is 1. The van der Waals surface area contributed by atoms with E-state index in [0.29, 0.717) is 10.4 Å². The molecule has 1 aromatic carbocycles. The molecule has 0 aliphatic rings. The lowest BCUT2D eigenvalue weighted by Gasteiger charge is -2.17. The molecule has 0 aliphatic heterocycles. The minimum Gasteiger partial charge on any atom is -0.329 e. The maximum atomic E-state index is 14.9. The van der Waals surface area contributed by atoms with Crippen LogP contribution in [0.2, 0.25) is 5.02 Å². The van der Waals surface area contributed by atoms with E-state index in [1.807, 2.05) is 13.0 Å². The van der Waals surface area contributed by atoms with Gasteiger partial charge in [0.15, 0.2) is 0 Å². The molecule has 2 heterocycles. The second kappa shape index (κ2) is 9.94. The molecule has 3 aromatic rings. The number of halogens is 6. The van der Waals surface area contributed by atoms with Crippen molar-refractivity contribution in [2.45, 2.75) is 26.1 Å². The van der Waals surface area contributed by atoms with Gasteiger partial charge in [-0.15, -0.1) is 11.3 Å². The van der Waals surface area contributed by atoms with Crippen LogP contribution in [0.15, 0.2) is 36.5 Å². The molecule has 0 saturated heterocycles. The highest BCUT2D eigenvalue weighted by Gasteiger charge is 2.39. The molecule has 1 unspecified atom stereocenters. The largest absolute Gasteiger partial charge is 0.472 e.